The Hall–Kier alpha value is -6.37. The van der Waals surface area contributed by atoms with Crippen LogP contribution in [0, 0.1) is 0 Å². The Balaban J connectivity index is 1.18. The van der Waals surface area contributed by atoms with Crippen LogP contribution in [-0.2, 0) is 0 Å². The van der Waals surface area contributed by atoms with Gasteiger partial charge in [-0.15, -0.1) is 11.3 Å². The quantitative estimate of drug-likeness (QED) is 0.191. The third kappa shape index (κ3) is 4.01. The highest BCUT2D eigenvalue weighted by molar-refractivity contribution is 7.25. The van der Waals surface area contributed by atoms with Gasteiger partial charge in [0.05, 0.1) is 0 Å². The summed E-state index contributed by atoms with van der Waals surface area (Å²) in [6.45, 7) is 0. The highest BCUT2D eigenvalue weighted by atomic mass is 32.1. The summed E-state index contributed by atoms with van der Waals surface area (Å²) in [5.74, 6) is 1.83. The number of hydrogen-bond acceptors (Lipinski definition) is 6. The Bertz CT molecular complexity index is 3000. The lowest BCUT2D eigenvalue weighted by Crippen LogP contribution is -2.00. The molecule has 0 aliphatic carbocycles. The Labute approximate surface area is 282 Å². The second-order valence-electron chi connectivity index (χ2n) is 12.4. The van der Waals surface area contributed by atoms with Crippen LogP contribution in [0.3, 0.4) is 0 Å². The predicted octanol–water partition coefficient (Wildman–Crippen LogP) is 12.2. The molecule has 11 aromatic rings. The molecule has 0 aliphatic heterocycles. The molecule has 0 unspecified atom stereocenters. The summed E-state index contributed by atoms with van der Waals surface area (Å²) in [7, 11) is 0. The van der Waals surface area contributed by atoms with Crippen LogP contribution < -0.4 is 0 Å². The summed E-state index contributed by atoms with van der Waals surface area (Å²) in [6, 6.07) is 48.0. The van der Waals surface area contributed by atoms with Crippen LogP contribution in [0.4, 0.5) is 0 Å². The summed E-state index contributed by atoms with van der Waals surface area (Å²) in [5.41, 5.74) is 6.16. The van der Waals surface area contributed by atoms with Gasteiger partial charge in [-0.1, -0.05) is 91.0 Å². The van der Waals surface area contributed by atoms with Crippen molar-refractivity contribution < 1.29 is 8.83 Å². The molecule has 0 fully saturated rings. The highest BCUT2D eigenvalue weighted by Crippen LogP contribution is 2.41. The van der Waals surface area contributed by atoms with Crippen LogP contribution >= 0.6 is 11.3 Å². The number of nitrogens with zero attached hydrogens (tertiary/aromatic N) is 3. The monoisotopic (exact) mass is 645 g/mol. The van der Waals surface area contributed by atoms with Crippen LogP contribution in [0.5, 0.6) is 0 Å². The summed E-state index contributed by atoms with van der Waals surface area (Å²) in [6.07, 6.45) is 0. The van der Waals surface area contributed by atoms with Gasteiger partial charge < -0.3 is 8.83 Å². The van der Waals surface area contributed by atoms with Crippen LogP contribution in [0.1, 0.15) is 0 Å². The number of para-hydroxylation sites is 2. The van der Waals surface area contributed by atoms with Gasteiger partial charge in [0.1, 0.15) is 22.3 Å². The maximum absolute atomic E-state index is 6.27. The zero-order valence-corrected chi connectivity index (χ0v) is 26.7. The van der Waals surface area contributed by atoms with Crippen molar-refractivity contribution in [1.82, 2.24) is 15.0 Å². The van der Waals surface area contributed by atoms with Gasteiger partial charge in [-0.2, -0.15) is 0 Å². The molecule has 0 saturated heterocycles. The number of fused-ring (bicyclic) bond motifs is 10. The van der Waals surface area contributed by atoms with E-state index in [2.05, 4.69) is 91.0 Å². The molecule has 11 rings (SSSR count). The molecule has 0 N–H and O–H groups in total. The molecule has 228 valence electrons. The van der Waals surface area contributed by atoms with Crippen LogP contribution in [0.15, 0.2) is 148 Å². The van der Waals surface area contributed by atoms with E-state index < -0.39 is 0 Å². The number of furan rings is 2. The SMILES string of the molecule is c1ccc2c(c1)oc1cc3cc(-c4nc(-c5cccc6oc7ccccc7c56)nc(-c5cccc6sc7ccccc7c56)n4)ccc3cc12. The zero-order chi connectivity index (χ0) is 32.1. The summed E-state index contributed by atoms with van der Waals surface area (Å²) in [4.78, 5) is 15.6. The molecule has 4 heterocycles. The van der Waals surface area contributed by atoms with E-state index in [0.29, 0.717) is 17.5 Å². The molecule has 0 aliphatic rings. The fourth-order valence-electron chi connectivity index (χ4n) is 7.28. The highest BCUT2D eigenvalue weighted by Gasteiger charge is 2.20. The first kappa shape index (κ1) is 26.7. The Morgan fingerprint density at radius 1 is 0.388 bits per heavy atom. The van der Waals surface area contributed by atoms with Crippen molar-refractivity contribution >= 4 is 86.2 Å². The minimum Gasteiger partial charge on any atom is -0.456 e. The maximum atomic E-state index is 6.27. The van der Waals surface area contributed by atoms with Gasteiger partial charge in [-0.25, -0.2) is 15.0 Å². The Kier molecular flexibility index (Phi) is 5.48. The van der Waals surface area contributed by atoms with Crippen LogP contribution in [-0.4, -0.2) is 15.0 Å². The van der Waals surface area contributed by atoms with Crippen LogP contribution in [0.25, 0.3) is 109 Å². The molecular weight excluding hydrogens is 623 g/mol. The first-order valence-electron chi connectivity index (χ1n) is 16.2. The average molecular weight is 646 g/mol. The molecule has 0 bridgehead atoms. The van der Waals surface area contributed by atoms with Gasteiger partial charge in [-0.3, -0.25) is 0 Å². The number of hydrogen-bond donors (Lipinski definition) is 0. The van der Waals surface area contributed by atoms with Gasteiger partial charge in [0.2, 0.25) is 0 Å². The number of rotatable bonds is 3. The van der Waals surface area contributed by atoms with E-state index in [1.807, 2.05) is 48.5 Å². The van der Waals surface area contributed by atoms with Crippen molar-refractivity contribution in [2.24, 2.45) is 0 Å². The molecule has 4 aromatic heterocycles. The van der Waals surface area contributed by atoms with Crippen molar-refractivity contribution in [3.05, 3.63) is 140 Å². The first-order valence-corrected chi connectivity index (χ1v) is 17.0. The zero-order valence-electron chi connectivity index (χ0n) is 25.8. The topological polar surface area (TPSA) is 65.0 Å². The van der Waals surface area contributed by atoms with E-state index in [4.69, 9.17) is 23.8 Å². The van der Waals surface area contributed by atoms with E-state index in [9.17, 15) is 0 Å². The number of aromatic nitrogens is 3. The summed E-state index contributed by atoms with van der Waals surface area (Å²) >= 11 is 1.79. The van der Waals surface area contributed by atoms with E-state index in [1.54, 1.807) is 11.3 Å². The van der Waals surface area contributed by atoms with Crippen molar-refractivity contribution in [3.8, 4) is 34.2 Å². The average Bonchev–Trinajstić information content (AvgIpc) is 3.84. The van der Waals surface area contributed by atoms with E-state index >= 15 is 0 Å². The molecule has 0 amide bonds. The second kappa shape index (κ2) is 10.1. The van der Waals surface area contributed by atoms with Gasteiger partial charge in [0.15, 0.2) is 17.5 Å². The van der Waals surface area contributed by atoms with Crippen LogP contribution in [0.2, 0.25) is 0 Å². The fraction of sp³-hybridized carbons (Fsp3) is 0. The van der Waals surface area contributed by atoms with E-state index in [-0.39, 0.29) is 0 Å². The van der Waals surface area contributed by atoms with E-state index in [0.717, 1.165) is 76.7 Å². The Morgan fingerprint density at radius 2 is 1.02 bits per heavy atom. The lowest BCUT2D eigenvalue weighted by Gasteiger charge is -2.11. The molecule has 0 atom stereocenters. The molecule has 6 heteroatoms. The Morgan fingerprint density at radius 3 is 1.88 bits per heavy atom. The third-order valence-electron chi connectivity index (χ3n) is 9.52. The minimum absolute atomic E-state index is 0.599. The van der Waals surface area contributed by atoms with Gasteiger partial charge in [0.25, 0.3) is 0 Å². The number of benzene rings is 7. The normalized spacial score (nSPS) is 12.1. The lowest BCUT2D eigenvalue weighted by molar-refractivity contribution is 0.669. The molecule has 49 heavy (non-hydrogen) atoms. The molecule has 0 saturated carbocycles. The first-order chi connectivity index (χ1) is 24.2. The van der Waals surface area contributed by atoms with E-state index in [1.165, 1.54) is 14.8 Å². The minimum atomic E-state index is 0.599. The van der Waals surface area contributed by atoms with Crippen molar-refractivity contribution in [1.29, 1.82) is 0 Å². The fourth-order valence-corrected chi connectivity index (χ4v) is 8.41. The molecule has 7 aromatic carbocycles. The van der Waals surface area contributed by atoms with Gasteiger partial charge in [0, 0.05) is 58.4 Å². The molecule has 0 radical (unpaired) electrons. The van der Waals surface area contributed by atoms with Crippen molar-refractivity contribution in [3.63, 3.8) is 0 Å². The smallest absolute Gasteiger partial charge is 0.164 e. The second-order valence-corrected chi connectivity index (χ2v) is 13.5. The van der Waals surface area contributed by atoms with Gasteiger partial charge >= 0.3 is 0 Å². The standard InChI is InChI=1S/C43H23N3O2S/c1-4-14-33-27(9-1)32-22-24-19-20-25(21-26(24)23-36(32)48-33)41-44-42(30-12-7-16-35-39(30)28-10-2-5-15-34(28)47-35)46-43(45-41)31-13-8-18-38-40(31)29-11-3-6-17-37(29)49-38/h1-23H. The maximum Gasteiger partial charge on any atom is 0.164 e. The molecule has 0 spiro atoms. The van der Waals surface area contributed by atoms with Gasteiger partial charge in [-0.05, 0) is 59.3 Å². The summed E-state index contributed by atoms with van der Waals surface area (Å²) in [5, 5.41) is 8.79. The largest absolute Gasteiger partial charge is 0.456 e. The van der Waals surface area contributed by atoms with Crippen molar-refractivity contribution in [2.45, 2.75) is 0 Å². The predicted molar refractivity (Wildman–Crippen MR) is 201 cm³/mol. The summed E-state index contributed by atoms with van der Waals surface area (Å²) < 4.78 is 15.0. The number of thiophene rings is 1. The lowest BCUT2D eigenvalue weighted by atomic mass is 10.0. The molecule has 5 nitrogen and oxygen atoms in total. The third-order valence-corrected chi connectivity index (χ3v) is 10.7. The molecular formula is C43H23N3O2S. The van der Waals surface area contributed by atoms with Crippen molar-refractivity contribution in [2.75, 3.05) is 0 Å².